The van der Waals surface area contributed by atoms with Crippen molar-refractivity contribution in [3.63, 3.8) is 0 Å². The molecule has 2 heterocycles. The lowest BCUT2D eigenvalue weighted by atomic mass is 10.1. The summed E-state index contributed by atoms with van der Waals surface area (Å²) < 4.78 is 91.3. The Kier molecular flexibility index (Phi) is 9.20. The van der Waals surface area contributed by atoms with Crippen LogP contribution in [0.25, 0.3) is 0 Å². The van der Waals surface area contributed by atoms with Crippen LogP contribution in [0.1, 0.15) is 37.0 Å². The first kappa shape index (κ1) is 29.3. The van der Waals surface area contributed by atoms with E-state index in [0.29, 0.717) is 37.8 Å². The molecule has 1 unspecified atom stereocenters. The van der Waals surface area contributed by atoms with Crippen molar-refractivity contribution in [3.8, 4) is 0 Å². The number of benzene rings is 1. The molecule has 0 bridgehead atoms. The predicted octanol–water partition coefficient (Wildman–Crippen LogP) is -0.374. The first-order valence-corrected chi connectivity index (χ1v) is 16.2. The molecule has 0 radical (unpaired) electrons. The van der Waals surface area contributed by atoms with E-state index in [4.69, 9.17) is 0 Å². The Bertz CT molecular complexity index is 1450. The summed E-state index contributed by atoms with van der Waals surface area (Å²) in [6.07, 6.45) is 2.22. The van der Waals surface area contributed by atoms with Crippen molar-refractivity contribution in [1.82, 2.24) is 25.0 Å². The summed E-state index contributed by atoms with van der Waals surface area (Å²) in [7, 11) is -12.8. The Morgan fingerprint density at radius 3 is 2.38 bits per heavy atom. The average Bonchev–Trinajstić information content (AvgIpc) is 2.80. The van der Waals surface area contributed by atoms with Crippen LogP contribution >= 0.6 is 0 Å². The molecule has 1 saturated heterocycles. The molecular weight excluding hydrogens is 548 g/mol. The fraction of sp³-hybridized carbons (Fsp3) is 0.550. The molecule has 0 saturated carbocycles. The van der Waals surface area contributed by atoms with Crippen LogP contribution in [0.4, 0.5) is 5.95 Å². The van der Waals surface area contributed by atoms with E-state index in [9.17, 15) is 34.4 Å². The number of aromatic nitrogens is 3. The zero-order chi connectivity index (χ0) is 27.4. The Balaban J connectivity index is 2.03. The summed E-state index contributed by atoms with van der Waals surface area (Å²) in [4.78, 5) is 14.4. The molecule has 4 N–H and O–H groups in total. The molecule has 206 valence electrons. The summed E-state index contributed by atoms with van der Waals surface area (Å²) in [6.45, 7) is 4.17. The maximum absolute atomic E-state index is 11.9. The van der Waals surface area contributed by atoms with E-state index in [1.54, 1.807) is 0 Å². The van der Waals surface area contributed by atoms with Gasteiger partial charge < -0.3 is 10.2 Å². The third kappa shape index (κ3) is 8.36. The third-order valence-electron chi connectivity index (χ3n) is 5.69. The summed E-state index contributed by atoms with van der Waals surface area (Å²) in [5.74, 6) is 0.800. The van der Waals surface area contributed by atoms with Crippen LogP contribution in [-0.2, 0) is 43.1 Å². The molecule has 1 aromatic carbocycles. The number of aryl methyl sites for hydroxylation is 1. The van der Waals surface area contributed by atoms with Gasteiger partial charge in [-0.2, -0.15) is 26.8 Å². The molecule has 1 aliphatic heterocycles. The fourth-order valence-corrected chi connectivity index (χ4v) is 5.69. The molecular formula is C20H30N6O8S3. The minimum Gasteiger partial charge on any atom is -0.335 e. The molecule has 1 fully saturated rings. The van der Waals surface area contributed by atoms with Gasteiger partial charge in [0, 0.05) is 45.1 Å². The molecule has 1 atom stereocenters. The lowest BCUT2D eigenvalue weighted by Gasteiger charge is -2.35. The van der Waals surface area contributed by atoms with Gasteiger partial charge in [0.15, 0.2) is 0 Å². The van der Waals surface area contributed by atoms with Gasteiger partial charge in [-0.25, -0.2) is 18.1 Å². The number of rotatable bonds is 11. The van der Waals surface area contributed by atoms with E-state index in [-0.39, 0.29) is 36.8 Å². The molecule has 2 aromatic rings. The number of nitrogens with zero attached hydrogens (tertiary/aromatic N) is 4. The number of piperazine rings is 1. The SMILES string of the molecule is CCC1CNCCN1c1nc(CCCNS(C)(=O)=O)nc(Cc2cc(S(=O)(=O)O)ccc2S(=O)(=O)O)n1. The van der Waals surface area contributed by atoms with Crippen molar-refractivity contribution in [2.24, 2.45) is 0 Å². The maximum atomic E-state index is 11.9. The summed E-state index contributed by atoms with van der Waals surface area (Å²) in [6, 6.07) is 2.78. The van der Waals surface area contributed by atoms with Gasteiger partial charge in [-0.1, -0.05) is 6.92 Å². The number of anilines is 1. The van der Waals surface area contributed by atoms with Crippen LogP contribution in [0, 0.1) is 0 Å². The molecule has 14 nitrogen and oxygen atoms in total. The van der Waals surface area contributed by atoms with Gasteiger partial charge in [0.1, 0.15) is 11.6 Å². The Hall–Kier alpha value is -2.28. The van der Waals surface area contributed by atoms with E-state index in [0.717, 1.165) is 30.9 Å². The summed E-state index contributed by atoms with van der Waals surface area (Å²) in [5.41, 5.74) is -0.133. The van der Waals surface area contributed by atoms with Crippen molar-refractivity contribution in [3.05, 3.63) is 35.4 Å². The maximum Gasteiger partial charge on any atom is 0.294 e. The average molecular weight is 579 g/mol. The van der Waals surface area contributed by atoms with Gasteiger partial charge in [0.25, 0.3) is 20.2 Å². The predicted molar refractivity (Wildman–Crippen MR) is 134 cm³/mol. The van der Waals surface area contributed by atoms with Crippen LogP contribution in [0.3, 0.4) is 0 Å². The molecule has 0 amide bonds. The Labute approximate surface area is 216 Å². The lowest BCUT2D eigenvalue weighted by Crippen LogP contribution is -2.51. The van der Waals surface area contributed by atoms with Gasteiger partial charge in [-0.3, -0.25) is 9.11 Å². The van der Waals surface area contributed by atoms with Gasteiger partial charge in [0.05, 0.1) is 16.0 Å². The normalized spacial score (nSPS) is 17.2. The summed E-state index contributed by atoms with van der Waals surface area (Å²) in [5, 5.41) is 3.30. The molecule has 0 aliphatic carbocycles. The largest absolute Gasteiger partial charge is 0.335 e. The standard InChI is InChI=1S/C20H30N6O8S3/c1-3-15-13-21-9-10-26(15)20-24-18(5-4-8-22-35(2,27)28)23-19(25-20)12-14-11-16(36(29,30)31)6-7-17(14)37(32,33)34/h6-7,11,15,21-22H,3-5,8-10,12-13H2,1-2H3,(H,29,30,31)(H,32,33,34). The lowest BCUT2D eigenvalue weighted by molar-refractivity contribution is 0.457. The quantitative estimate of drug-likeness (QED) is 0.198. The highest BCUT2D eigenvalue weighted by Crippen LogP contribution is 2.24. The van der Waals surface area contributed by atoms with Crippen LogP contribution < -0.4 is 14.9 Å². The van der Waals surface area contributed by atoms with Gasteiger partial charge in [-0.05, 0) is 36.6 Å². The highest BCUT2D eigenvalue weighted by molar-refractivity contribution is 7.88. The monoisotopic (exact) mass is 578 g/mol. The molecule has 0 spiro atoms. The van der Waals surface area contributed by atoms with E-state index in [2.05, 4.69) is 25.0 Å². The molecule has 3 rings (SSSR count). The molecule has 1 aliphatic rings. The summed E-state index contributed by atoms with van der Waals surface area (Å²) >= 11 is 0. The van der Waals surface area contributed by atoms with Crippen LogP contribution in [0.2, 0.25) is 0 Å². The van der Waals surface area contributed by atoms with Crippen LogP contribution in [0.15, 0.2) is 28.0 Å². The highest BCUT2D eigenvalue weighted by Gasteiger charge is 2.25. The van der Waals surface area contributed by atoms with Crippen molar-refractivity contribution in [1.29, 1.82) is 0 Å². The second kappa shape index (κ2) is 11.6. The molecule has 1 aromatic heterocycles. The van der Waals surface area contributed by atoms with Crippen molar-refractivity contribution in [2.75, 3.05) is 37.3 Å². The first-order valence-electron chi connectivity index (χ1n) is 11.4. The highest BCUT2D eigenvalue weighted by atomic mass is 32.2. The minimum atomic E-state index is -4.73. The van der Waals surface area contributed by atoms with Gasteiger partial charge in [-0.15, -0.1) is 0 Å². The van der Waals surface area contributed by atoms with E-state index < -0.39 is 40.1 Å². The van der Waals surface area contributed by atoms with E-state index >= 15 is 0 Å². The number of hydrogen-bond acceptors (Lipinski definition) is 11. The topological polar surface area (TPSA) is 209 Å². The number of sulfonamides is 1. The van der Waals surface area contributed by atoms with E-state index in [1.807, 2.05) is 11.8 Å². The Morgan fingerprint density at radius 1 is 1.05 bits per heavy atom. The van der Waals surface area contributed by atoms with Crippen molar-refractivity contribution < 1.29 is 34.4 Å². The zero-order valence-corrected chi connectivity index (χ0v) is 22.8. The zero-order valence-electron chi connectivity index (χ0n) is 20.3. The molecule has 17 heteroatoms. The van der Waals surface area contributed by atoms with Crippen molar-refractivity contribution in [2.45, 2.75) is 48.4 Å². The van der Waals surface area contributed by atoms with Crippen LogP contribution in [-0.4, -0.2) is 87.8 Å². The smallest absolute Gasteiger partial charge is 0.294 e. The second-order valence-corrected chi connectivity index (χ2v) is 13.2. The fourth-order valence-electron chi connectivity index (χ4n) is 3.94. The Morgan fingerprint density at radius 2 is 1.76 bits per heavy atom. The minimum absolute atomic E-state index is 0.0833. The molecule has 37 heavy (non-hydrogen) atoms. The van der Waals surface area contributed by atoms with Crippen molar-refractivity contribution >= 4 is 36.2 Å². The van der Waals surface area contributed by atoms with Gasteiger partial charge >= 0.3 is 0 Å². The second-order valence-electron chi connectivity index (χ2n) is 8.59. The van der Waals surface area contributed by atoms with Gasteiger partial charge in [0.2, 0.25) is 16.0 Å². The third-order valence-corrected chi connectivity index (χ3v) is 8.22. The van der Waals surface area contributed by atoms with E-state index in [1.165, 1.54) is 0 Å². The number of hydrogen-bond donors (Lipinski definition) is 4. The number of nitrogens with one attached hydrogen (secondary N) is 2. The first-order chi connectivity index (χ1) is 17.2. The van der Waals surface area contributed by atoms with Crippen LogP contribution in [0.5, 0.6) is 0 Å².